The lowest BCUT2D eigenvalue weighted by molar-refractivity contribution is 0.591. The topological polar surface area (TPSA) is 4.93 Å². The molecule has 38 heavy (non-hydrogen) atoms. The minimum absolute atomic E-state index is 0.0584. The zero-order valence-corrected chi connectivity index (χ0v) is 23.7. The van der Waals surface area contributed by atoms with Gasteiger partial charge in [-0.25, -0.2) is 0 Å². The van der Waals surface area contributed by atoms with E-state index in [4.69, 9.17) is 11.6 Å². The van der Waals surface area contributed by atoms with Crippen molar-refractivity contribution in [2.75, 3.05) is 0 Å². The Labute approximate surface area is 233 Å². The second kappa shape index (κ2) is 7.83. The summed E-state index contributed by atoms with van der Waals surface area (Å²) in [7, 11) is 0. The summed E-state index contributed by atoms with van der Waals surface area (Å²) in [5.41, 5.74) is 4.94. The molecular formula is C34H24ClNS2. The Bertz CT molecular complexity index is 2240. The van der Waals surface area contributed by atoms with Crippen molar-refractivity contribution in [2.45, 2.75) is 26.2 Å². The van der Waals surface area contributed by atoms with Crippen LogP contribution in [0.15, 0.2) is 91.0 Å². The maximum Gasteiger partial charge on any atom is 0.0570 e. The Balaban J connectivity index is 1.56. The van der Waals surface area contributed by atoms with Crippen LogP contribution in [0, 0.1) is 0 Å². The van der Waals surface area contributed by atoms with Crippen molar-refractivity contribution in [1.29, 1.82) is 0 Å². The summed E-state index contributed by atoms with van der Waals surface area (Å²) in [6, 6.07) is 33.4. The lowest BCUT2D eigenvalue weighted by Gasteiger charge is -2.19. The third-order valence-corrected chi connectivity index (χ3v) is 10.5. The Hall–Kier alpha value is -3.37. The van der Waals surface area contributed by atoms with Gasteiger partial charge in [0.15, 0.2) is 0 Å². The van der Waals surface area contributed by atoms with Crippen LogP contribution in [0.5, 0.6) is 0 Å². The maximum absolute atomic E-state index is 7.10. The van der Waals surface area contributed by atoms with Crippen LogP contribution in [0.4, 0.5) is 0 Å². The van der Waals surface area contributed by atoms with Crippen LogP contribution in [-0.2, 0) is 5.41 Å². The zero-order valence-electron chi connectivity index (χ0n) is 21.3. The van der Waals surface area contributed by atoms with Crippen LogP contribution < -0.4 is 0 Å². The fraction of sp³-hybridized carbons (Fsp3) is 0.118. The number of benzene rings is 5. The van der Waals surface area contributed by atoms with Crippen molar-refractivity contribution in [3.05, 3.63) is 102 Å². The van der Waals surface area contributed by atoms with Crippen molar-refractivity contribution in [2.24, 2.45) is 0 Å². The van der Waals surface area contributed by atoms with Crippen molar-refractivity contribution in [1.82, 2.24) is 4.57 Å². The number of hydrogen-bond acceptors (Lipinski definition) is 2. The van der Waals surface area contributed by atoms with Gasteiger partial charge in [-0.2, -0.15) is 0 Å². The predicted molar refractivity (Wildman–Crippen MR) is 170 cm³/mol. The molecule has 0 amide bonds. The normalized spacial score (nSPS) is 12.7. The summed E-state index contributed by atoms with van der Waals surface area (Å²) in [5, 5.41) is 8.41. The van der Waals surface area contributed by atoms with Crippen LogP contribution >= 0.6 is 34.3 Å². The van der Waals surface area contributed by atoms with Gasteiger partial charge in [0, 0.05) is 56.8 Å². The largest absolute Gasteiger partial charge is 0.309 e. The second-order valence-electron chi connectivity index (χ2n) is 11.2. The average molecular weight is 546 g/mol. The van der Waals surface area contributed by atoms with E-state index in [9.17, 15) is 0 Å². The van der Waals surface area contributed by atoms with Crippen molar-refractivity contribution < 1.29 is 0 Å². The average Bonchev–Trinajstić information content (AvgIpc) is 3.56. The molecule has 0 unspecified atom stereocenters. The SMILES string of the molecule is CC(C)(C)c1ccc2c(c1)c1c3sc4ccccc4c3c(Cl)cc1n2-c1ccc2sc3ccccc3c2c1. The molecule has 0 aliphatic heterocycles. The molecule has 8 rings (SSSR count). The molecule has 3 heterocycles. The van der Waals surface area contributed by atoms with Crippen LogP contribution in [0.25, 0.3) is 67.8 Å². The molecule has 184 valence electrons. The van der Waals surface area contributed by atoms with Crippen LogP contribution in [0.2, 0.25) is 5.02 Å². The summed E-state index contributed by atoms with van der Waals surface area (Å²) in [4.78, 5) is 0. The summed E-state index contributed by atoms with van der Waals surface area (Å²) < 4.78 is 7.60. The molecule has 0 saturated carbocycles. The van der Waals surface area contributed by atoms with Crippen LogP contribution in [0.1, 0.15) is 26.3 Å². The van der Waals surface area contributed by atoms with E-state index < -0.39 is 0 Å². The summed E-state index contributed by atoms with van der Waals surface area (Å²) >= 11 is 10.8. The maximum atomic E-state index is 7.10. The third-order valence-electron chi connectivity index (χ3n) is 7.81. The molecule has 0 atom stereocenters. The molecule has 0 spiro atoms. The summed E-state index contributed by atoms with van der Waals surface area (Å²) in [6.45, 7) is 6.86. The van der Waals surface area contributed by atoms with Crippen molar-refractivity contribution in [3.8, 4) is 5.69 Å². The number of fused-ring (bicyclic) bond motifs is 10. The molecule has 0 aliphatic carbocycles. The molecule has 0 N–H and O–H groups in total. The minimum Gasteiger partial charge on any atom is -0.309 e. The van der Waals surface area contributed by atoms with Crippen LogP contribution in [0.3, 0.4) is 0 Å². The molecule has 0 fully saturated rings. The molecule has 0 aliphatic rings. The van der Waals surface area contributed by atoms with E-state index in [1.54, 1.807) is 0 Å². The molecule has 0 radical (unpaired) electrons. The second-order valence-corrected chi connectivity index (χ2v) is 13.7. The van der Waals surface area contributed by atoms with Gasteiger partial charge in [0.1, 0.15) is 0 Å². The Morgan fingerprint density at radius 3 is 2.11 bits per heavy atom. The van der Waals surface area contributed by atoms with Crippen LogP contribution in [-0.4, -0.2) is 4.57 Å². The van der Waals surface area contributed by atoms with Gasteiger partial charge in [-0.3, -0.25) is 0 Å². The monoisotopic (exact) mass is 545 g/mol. The van der Waals surface area contributed by atoms with E-state index in [1.165, 1.54) is 67.9 Å². The Morgan fingerprint density at radius 1 is 0.605 bits per heavy atom. The highest BCUT2D eigenvalue weighted by Gasteiger charge is 2.22. The van der Waals surface area contributed by atoms with E-state index in [2.05, 4.69) is 116 Å². The molecule has 4 heteroatoms. The van der Waals surface area contributed by atoms with E-state index in [1.807, 2.05) is 22.7 Å². The number of nitrogens with zero attached hydrogens (tertiary/aromatic N) is 1. The first-order chi connectivity index (χ1) is 18.4. The van der Waals surface area contributed by atoms with Gasteiger partial charge in [0.2, 0.25) is 0 Å². The highest BCUT2D eigenvalue weighted by atomic mass is 35.5. The molecule has 0 bridgehead atoms. The minimum atomic E-state index is 0.0584. The van der Waals surface area contributed by atoms with E-state index in [-0.39, 0.29) is 5.41 Å². The fourth-order valence-corrected chi connectivity index (χ4v) is 8.66. The number of rotatable bonds is 1. The van der Waals surface area contributed by atoms with Gasteiger partial charge in [0.25, 0.3) is 0 Å². The molecule has 3 aromatic heterocycles. The molecule has 5 aromatic carbocycles. The standard InChI is InChI=1S/C34H24ClNS2/c1-34(2,3)19-12-14-26-24(16-19)32-27(18-25(35)31-22-9-5-7-11-29(22)38-33(31)32)36(26)20-13-15-30-23(17-20)21-8-4-6-10-28(21)37-30/h4-18H,1-3H3. The summed E-state index contributed by atoms with van der Waals surface area (Å²) in [5.74, 6) is 0. The number of halogens is 1. The van der Waals surface area contributed by atoms with Gasteiger partial charge in [0.05, 0.1) is 16.1 Å². The lowest BCUT2D eigenvalue weighted by atomic mass is 9.86. The van der Waals surface area contributed by atoms with Crippen molar-refractivity contribution >= 4 is 96.4 Å². The molecule has 0 saturated heterocycles. The van der Waals surface area contributed by atoms with E-state index >= 15 is 0 Å². The number of thiophene rings is 2. The Kier molecular flexibility index (Phi) is 4.66. The fourth-order valence-electron chi connectivity index (χ4n) is 5.93. The first kappa shape index (κ1) is 22.6. The third kappa shape index (κ3) is 3.10. The summed E-state index contributed by atoms with van der Waals surface area (Å²) in [6.07, 6.45) is 0. The first-order valence-electron chi connectivity index (χ1n) is 12.9. The van der Waals surface area contributed by atoms with E-state index in [0.29, 0.717) is 0 Å². The van der Waals surface area contributed by atoms with E-state index in [0.717, 1.165) is 10.5 Å². The zero-order chi connectivity index (χ0) is 25.8. The smallest absolute Gasteiger partial charge is 0.0570 e. The van der Waals surface area contributed by atoms with Crippen molar-refractivity contribution in [3.63, 3.8) is 0 Å². The van der Waals surface area contributed by atoms with Gasteiger partial charge < -0.3 is 4.57 Å². The van der Waals surface area contributed by atoms with Gasteiger partial charge in [-0.1, -0.05) is 74.8 Å². The molecule has 8 aromatic rings. The number of hydrogen-bond donors (Lipinski definition) is 0. The highest BCUT2D eigenvalue weighted by Crippen LogP contribution is 2.47. The first-order valence-corrected chi connectivity index (χ1v) is 14.9. The highest BCUT2D eigenvalue weighted by molar-refractivity contribution is 7.27. The molecular weight excluding hydrogens is 522 g/mol. The lowest BCUT2D eigenvalue weighted by Crippen LogP contribution is -2.10. The van der Waals surface area contributed by atoms with Gasteiger partial charge in [-0.05, 0) is 59.5 Å². The quantitative estimate of drug-likeness (QED) is 0.193. The predicted octanol–water partition coefficient (Wildman–Crippen LogP) is 11.5. The van der Waals surface area contributed by atoms with Gasteiger partial charge >= 0.3 is 0 Å². The van der Waals surface area contributed by atoms with Gasteiger partial charge in [-0.15, -0.1) is 22.7 Å². The Morgan fingerprint density at radius 2 is 1.32 bits per heavy atom. The molecule has 1 nitrogen and oxygen atoms in total. The number of aromatic nitrogens is 1.